The first-order valence-electron chi connectivity index (χ1n) is 8.83. The fraction of sp³-hybridized carbons (Fsp3) is 0.650. The van der Waals surface area contributed by atoms with Crippen LogP contribution < -0.4 is 0 Å². The van der Waals surface area contributed by atoms with E-state index in [1.807, 2.05) is 0 Å². The zero-order valence-electron chi connectivity index (χ0n) is 15.4. The molecule has 2 atom stereocenters. The molecule has 3 heteroatoms. The molecular weight excluding hydrogens is 301 g/mol. The van der Waals surface area contributed by atoms with Crippen molar-refractivity contribution in [3.05, 3.63) is 35.4 Å². The fourth-order valence-electron chi connectivity index (χ4n) is 2.86. The summed E-state index contributed by atoms with van der Waals surface area (Å²) in [4.78, 5) is 4.79. The summed E-state index contributed by atoms with van der Waals surface area (Å²) in [6.45, 7) is 10.7. The van der Waals surface area contributed by atoms with E-state index < -0.39 is 0 Å². The van der Waals surface area contributed by atoms with E-state index in [9.17, 15) is 0 Å². The number of hydrogen-bond donors (Lipinski definition) is 0. The first-order chi connectivity index (χ1) is 10.7. The molecule has 1 fully saturated rings. The van der Waals surface area contributed by atoms with Crippen molar-refractivity contribution in [2.24, 2.45) is 4.99 Å². The summed E-state index contributed by atoms with van der Waals surface area (Å²) in [6, 6.07) is 9.47. The van der Waals surface area contributed by atoms with Crippen LogP contribution in [0.15, 0.2) is 29.3 Å². The molecule has 2 nitrogen and oxygen atoms in total. The van der Waals surface area contributed by atoms with Gasteiger partial charge in [0.1, 0.15) is 5.60 Å². The van der Waals surface area contributed by atoms with Crippen molar-refractivity contribution in [2.75, 3.05) is 0 Å². The van der Waals surface area contributed by atoms with Crippen LogP contribution in [-0.2, 0) is 16.6 Å². The molecular formula is C20H32NOP. The summed E-state index contributed by atoms with van der Waals surface area (Å²) in [5, 5.41) is 0. The van der Waals surface area contributed by atoms with Crippen LogP contribution in [0.2, 0.25) is 0 Å². The molecule has 2 rings (SSSR count). The highest BCUT2D eigenvalue weighted by molar-refractivity contribution is 7.39. The van der Waals surface area contributed by atoms with Crippen molar-refractivity contribution in [1.29, 1.82) is 0 Å². The predicted molar refractivity (Wildman–Crippen MR) is 103 cm³/mol. The van der Waals surface area contributed by atoms with Gasteiger partial charge >= 0.3 is 0 Å². The van der Waals surface area contributed by atoms with Gasteiger partial charge in [0, 0.05) is 0 Å². The van der Waals surface area contributed by atoms with Gasteiger partial charge in [-0.15, -0.1) is 0 Å². The second-order valence-electron chi connectivity index (χ2n) is 8.09. The van der Waals surface area contributed by atoms with Crippen molar-refractivity contribution in [2.45, 2.75) is 83.8 Å². The van der Waals surface area contributed by atoms with Crippen LogP contribution in [-0.4, -0.2) is 17.3 Å². The number of benzene rings is 1. The third kappa shape index (κ3) is 5.92. The molecule has 0 heterocycles. The second-order valence-corrected chi connectivity index (χ2v) is 8.58. The maximum Gasteiger partial charge on any atom is 0.200 e. The highest BCUT2D eigenvalue weighted by Gasteiger charge is 2.38. The summed E-state index contributed by atoms with van der Waals surface area (Å²) in [7, 11) is 2.64. The zero-order chi connectivity index (χ0) is 17.1. The molecule has 0 aromatic heterocycles. The van der Waals surface area contributed by atoms with E-state index in [4.69, 9.17) is 9.73 Å². The lowest BCUT2D eigenvalue weighted by Gasteiger charge is -2.22. The highest BCUT2D eigenvalue weighted by Crippen LogP contribution is 2.47. The lowest BCUT2D eigenvalue weighted by atomic mass is 9.95. The third-order valence-corrected chi connectivity index (χ3v) is 4.73. The lowest BCUT2D eigenvalue weighted by Crippen LogP contribution is -2.22. The molecule has 1 aromatic carbocycles. The first-order valence-corrected chi connectivity index (χ1v) is 9.41. The average Bonchev–Trinajstić information content (AvgIpc) is 3.16. The Morgan fingerprint density at radius 1 is 1.26 bits per heavy atom. The molecule has 0 amide bonds. The van der Waals surface area contributed by atoms with Gasteiger partial charge in [0.25, 0.3) is 0 Å². The van der Waals surface area contributed by atoms with Crippen LogP contribution in [0.4, 0.5) is 0 Å². The van der Waals surface area contributed by atoms with E-state index in [2.05, 4.69) is 68.1 Å². The Balaban J connectivity index is 2.02. The van der Waals surface area contributed by atoms with Crippen LogP contribution in [0.3, 0.4) is 0 Å². The summed E-state index contributed by atoms with van der Waals surface area (Å²) in [6.07, 6.45) is 5.87. The lowest BCUT2D eigenvalue weighted by molar-refractivity contribution is 0.122. The van der Waals surface area contributed by atoms with E-state index in [-0.39, 0.29) is 11.6 Å². The SMILES string of the molecule is CCCC(Cc1ccc(C2(C)CC2)cc1)N=C(P)OC(C)(C)C. The fourth-order valence-corrected chi connectivity index (χ4v) is 3.42. The molecule has 23 heavy (non-hydrogen) atoms. The second kappa shape index (κ2) is 7.34. The van der Waals surface area contributed by atoms with Crippen molar-refractivity contribution >= 4 is 14.9 Å². The smallest absolute Gasteiger partial charge is 0.200 e. The molecule has 2 unspecified atom stereocenters. The molecule has 1 aromatic rings. The molecule has 1 aliphatic carbocycles. The Morgan fingerprint density at radius 3 is 2.35 bits per heavy atom. The topological polar surface area (TPSA) is 21.6 Å². The predicted octanol–water partition coefficient (Wildman–Crippen LogP) is 5.50. The van der Waals surface area contributed by atoms with Gasteiger partial charge in [0.2, 0.25) is 0 Å². The number of hydrogen-bond acceptors (Lipinski definition) is 2. The normalized spacial score (nSPS) is 18.6. The van der Waals surface area contributed by atoms with Crippen LogP contribution in [0.25, 0.3) is 0 Å². The molecule has 0 saturated heterocycles. The standard InChI is InChI=1S/C20H32NOP/c1-6-7-17(21-18(23)22-19(2,3)4)14-15-8-10-16(11-9-15)20(5)12-13-20/h8-11,17H,6-7,12-14,23H2,1-5H3. The van der Waals surface area contributed by atoms with E-state index in [1.54, 1.807) is 0 Å². The van der Waals surface area contributed by atoms with E-state index >= 15 is 0 Å². The van der Waals surface area contributed by atoms with Gasteiger partial charge in [-0.2, -0.15) is 0 Å². The first kappa shape index (κ1) is 18.5. The Morgan fingerprint density at radius 2 is 1.87 bits per heavy atom. The molecule has 1 saturated carbocycles. The zero-order valence-corrected chi connectivity index (χ0v) is 16.5. The monoisotopic (exact) mass is 333 g/mol. The number of rotatable bonds is 6. The van der Waals surface area contributed by atoms with Crippen molar-refractivity contribution in [3.8, 4) is 0 Å². The maximum absolute atomic E-state index is 5.84. The molecule has 0 bridgehead atoms. The van der Waals surface area contributed by atoms with Crippen LogP contribution >= 0.6 is 9.24 Å². The van der Waals surface area contributed by atoms with E-state index in [0.29, 0.717) is 5.41 Å². The van der Waals surface area contributed by atoms with Gasteiger partial charge in [-0.05, 0) is 72.2 Å². The van der Waals surface area contributed by atoms with Gasteiger partial charge in [-0.25, -0.2) is 4.99 Å². The molecule has 128 valence electrons. The molecule has 0 radical (unpaired) electrons. The van der Waals surface area contributed by atoms with Crippen LogP contribution in [0.1, 0.15) is 71.4 Å². The Hall–Kier alpha value is -0.880. The Bertz CT molecular complexity index is 538. The minimum Gasteiger partial charge on any atom is -0.472 e. The Kier molecular flexibility index (Phi) is 5.89. The number of ether oxygens (including phenoxy) is 1. The van der Waals surface area contributed by atoms with Gasteiger partial charge in [-0.1, -0.05) is 44.5 Å². The summed E-state index contributed by atoms with van der Waals surface area (Å²) < 4.78 is 5.84. The van der Waals surface area contributed by atoms with Crippen LogP contribution in [0, 0.1) is 0 Å². The van der Waals surface area contributed by atoms with E-state index in [1.165, 1.54) is 24.0 Å². The summed E-state index contributed by atoms with van der Waals surface area (Å²) in [5.74, 6) is 0. The van der Waals surface area contributed by atoms with Crippen molar-refractivity contribution in [3.63, 3.8) is 0 Å². The van der Waals surface area contributed by atoms with E-state index in [0.717, 1.165) is 24.9 Å². The highest BCUT2D eigenvalue weighted by atomic mass is 31.0. The average molecular weight is 333 g/mol. The summed E-state index contributed by atoms with van der Waals surface area (Å²) in [5.41, 5.74) is 3.83. The van der Waals surface area contributed by atoms with Crippen molar-refractivity contribution in [1.82, 2.24) is 0 Å². The molecule has 0 spiro atoms. The summed E-state index contributed by atoms with van der Waals surface area (Å²) >= 11 is 0. The maximum atomic E-state index is 5.84. The molecule has 0 N–H and O–H groups in total. The molecule has 0 aliphatic heterocycles. The van der Waals surface area contributed by atoms with Crippen molar-refractivity contribution < 1.29 is 4.74 Å². The minimum atomic E-state index is -0.196. The molecule has 1 aliphatic rings. The van der Waals surface area contributed by atoms with Gasteiger partial charge in [0.15, 0.2) is 5.64 Å². The number of aliphatic imine (C=N–C) groups is 1. The van der Waals surface area contributed by atoms with Gasteiger partial charge in [0.05, 0.1) is 6.04 Å². The largest absolute Gasteiger partial charge is 0.472 e. The number of nitrogens with zero attached hydrogens (tertiary/aromatic N) is 1. The van der Waals surface area contributed by atoms with Gasteiger partial charge < -0.3 is 4.74 Å². The third-order valence-electron chi connectivity index (χ3n) is 4.46. The quantitative estimate of drug-likeness (QED) is 0.383. The minimum absolute atomic E-state index is 0.196. The Labute approximate surface area is 144 Å². The van der Waals surface area contributed by atoms with Gasteiger partial charge in [-0.3, -0.25) is 0 Å². The van der Waals surface area contributed by atoms with Crippen LogP contribution in [0.5, 0.6) is 0 Å².